The highest BCUT2D eigenvalue weighted by atomic mass is 16.5. The number of rotatable bonds is 5. The van der Waals surface area contributed by atoms with Gasteiger partial charge in [-0.05, 0) is 30.9 Å². The van der Waals surface area contributed by atoms with Crippen molar-refractivity contribution in [2.45, 2.75) is 46.3 Å². The summed E-state index contributed by atoms with van der Waals surface area (Å²) < 4.78 is 8.12. The van der Waals surface area contributed by atoms with E-state index in [2.05, 4.69) is 30.7 Å². The second-order valence-corrected chi connectivity index (χ2v) is 6.42. The van der Waals surface area contributed by atoms with Gasteiger partial charge in [-0.25, -0.2) is 0 Å². The minimum atomic E-state index is 0.0135. The van der Waals surface area contributed by atoms with Gasteiger partial charge in [0.15, 0.2) is 0 Å². The van der Waals surface area contributed by atoms with Crippen LogP contribution in [0.15, 0.2) is 24.3 Å². The van der Waals surface area contributed by atoms with Crippen molar-refractivity contribution >= 4 is 16.8 Å². The van der Waals surface area contributed by atoms with Gasteiger partial charge in [-0.1, -0.05) is 32.9 Å². The van der Waals surface area contributed by atoms with Crippen LogP contribution in [-0.4, -0.2) is 23.1 Å². The van der Waals surface area contributed by atoms with Crippen LogP contribution in [0.5, 0.6) is 5.75 Å². The molecule has 1 aromatic heterocycles. The van der Waals surface area contributed by atoms with Crippen molar-refractivity contribution in [1.82, 2.24) is 9.88 Å². The van der Waals surface area contributed by atoms with E-state index in [9.17, 15) is 4.79 Å². The average molecular weight is 300 g/mol. The molecular weight excluding hydrogens is 276 g/mol. The standard InChI is InChI=1S/C18H24N2O2/c1-4-14-11-20-15(18(21)19-9-8-12(2)3)10-13-6-5-7-16(22-14)17(13)20/h5-7,10,12,14H,4,8-9,11H2,1-3H3,(H,19,21)/t14-/m0/s1. The maximum absolute atomic E-state index is 12.5. The lowest BCUT2D eigenvalue weighted by Crippen LogP contribution is -2.32. The second kappa shape index (κ2) is 6.03. The Labute approximate surface area is 131 Å². The van der Waals surface area contributed by atoms with E-state index in [4.69, 9.17) is 4.74 Å². The highest BCUT2D eigenvalue weighted by molar-refractivity contribution is 6.00. The molecule has 1 N–H and O–H groups in total. The van der Waals surface area contributed by atoms with Crippen molar-refractivity contribution < 1.29 is 9.53 Å². The number of aromatic nitrogens is 1. The summed E-state index contributed by atoms with van der Waals surface area (Å²) in [7, 11) is 0. The molecule has 0 fully saturated rings. The fourth-order valence-electron chi connectivity index (χ4n) is 2.96. The van der Waals surface area contributed by atoms with E-state index in [1.165, 1.54) is 0 Å². The Hall–Kier alpha value is -1.97. The largest absolute Gasteiger partial charge is 0.486 e. The third kappa shape index (κ3) is 2.70. The molecule has 0 saturated heterocycles. The van der Waals surface area contributed by atoms with Crippen LogP contribution >= 0.6 is 0 Å². The summed E-state index contributed by atoms with van der Waals surface area (Å²) in [4.78, 5) is 12.5. The number of hydrogen-bond donors (Lipinski definition) is 1. The lowest BCUT2D eigenvalue weighted by molar-refractivity contribution is 0.0936. The molecule has 1 aromatic carbocycles. The fourth-order valence-corrected chi connectivity index (χ4v) is 2.96. The monoisotopic (exact) mass is 300 g/mol. The molecule has 2 heterocycles. The zero-order valence-corrected chi connectivity index (χ0v) is 13.6. The number of ether oxygens (including phenoxy) is 1. The highest BCUT2D eigenvalue weighted by Gasteiger charge is 2.25. The van der Waals surface area contributed by atoms with Crippen LogP contribution in [0.2, 0.25) is 0 Å². The zero-order valence-electron chi connectivity index (χ0n) is 13.6. The number of para-hydroxylation sites is 1. The Kier molecular flexibility index (Phi) is 4.10. The van der Waals surface area contributed by atoms with Crippen LogP contribution in [0.1, 0.15) is 44.1 Å². The van der Waals surface area contributed by atoms with Gasteiger partial charge in [0, 0.05) is 11.9 Å². The van der Waals surface area contributed by atoms with E-state index in [0.29, 0.717) is 5.92 Å². The summed E-state index contributed by atoms with van der Waals surface area (Å²) in [5, 5.41) is 4.11. The quantitative estimate of drug-likeness (QED) is 0.917. The fraction of sp³-hybridized carbons (Fsp3) is 0.500. The van der Waals surface area contributed by atoms with Gasteiger partial charge in [-0.2, -0.15) is 0 Å². The van der Waals surface area contributed by atoms with Gasteiger partial charge in [-0.15, -0.1) is 0 Å². The van der Waals surface area contributed by atoms with Crippen LogP contribution in [0.3, 0.4) is 0 Å². The van der Waals surface area contributed by atoms with Gasteiger partial charge in [0.25, 0.3) is 5.91 Å². The van der Waals surface area contributed by atoms with Crippen LogP contribution in [-0.2, 0) is 6.54 Å². The van der Waals surface area contributed by atoms with Gasteiger partial charge >= 0.3 is 0 Å². The van der Waals surface area contributed by atoms with Gasteiger partial charge in [-0.3, -0.25) is 4.79 Å². The van der Waals surface area contributed by atoms with Crippen LogP contribution in [0.25, 0.3) is 10.9 Å². The maximum atomic E-state index is 12.5. The normalized spacial score (nSPS) is 16.8. The first-order valence-electron chi connectivity index (χ1n) is 8.17. The van der Waals surface area contributed by atoms with E-state index in [1.54, 1.807) is 0 Å². The van der Waals surface area contributed by atoms with E-state index in [0.717, 1.165) is 48.3 Å². The van der Waals surface area contributed by atoms with E-state index in [-0.39, 0.29) is 12.0 Å². The molecule has 0 radical (unpaired) electrons. The molecule has 4 nitrogen and oxygen atoms in total. The van der Waals surface area contributed by atoms with Crippen molar-refractivity contribution in [2.75, 3.05) is 6.54 Å². The third-order valence-corrected chi connectivity index (χ3v) is 4.26. The molecule has 3 rings (SSSR count). The van der Waals surface area contributed by atoms with E-state index in [1.807, 2.05) is 24.3 Å². The van der Waals surface area contributed by atoms with Crippen LogP contribution < -0.4 is 10.1 Å². The predicted octanol–water partition coefficient (Wildman–Crippen LogP) is 3.59. The van der Waals surface area contributed by atoms with Crippen molar-refractivity contribution in [3.05, 3.63) is 30.0 Å². The number of carbonyl (C=O) groups excluding carboxylic acids is 1. The number of carbonyl (C=O) groups is 1. The number of nitrogens with zero attached hydrogens (tertiary/aromatic N) is 1. The topological polar surface area (TPSA) is 43.3 Å². The predicted molar refractivity (Wildman–Crippen MR) is 88.4 cm³/mol. The third-order valence-electron chi connectivity index (χ3n) is 4.26. The summed E-state index contributed by atoms with van der Waals surface area (Å²) in [5.74, 6) is 1.49. The number of amides is 1. The Morgan fingerprint density at radius 3 is 3.00 bits per heavy atom. The number of benzene rings is 1. The highest BCUT2D eigenvalue weighted by Crippen LogP contribution is 2.34. The van der Waals surface area contributed by atoms with Gasteiger partial charge in [0.2, 0.25) is 0 Å². The zero-order chi connectivity index (χ0) is 15.7. The molecule has 0 aliphatic carbocycles. The molecule has 0 unspecified atom stereocenters. The maximum Gasteiger partial charge on any atom is 0.267 e. The van der Waals surface area contributed by atoms with Crippen molar-refractivity contribution in [2.24, 2.45) is 5.92 Å². The Morgan fingerprint density at radius 2 is 2.27 bits per heavy atom. The summed E-state index contributed by atoms with van der Waals surface area (Å²) in [6.45, 7) is 7.90. The first-order valence-corrected chi connectivity index (χ1v) is 8.17. The molecular formula is C18H24N2O2. The molecule has 2 aromatic rings. The number of nitrogens with one attached hydrogen (secondary N) is 1. The number of hydrogen-bond acceptors (Lipinski definition) is 2. The van der Waals surface area contributed by atoms with Crippen molar-refractivity contribution in [3.8, 4) is 5.75 Å². The van der Waals surface area contributed by atoms with Crippen LogP contribution in [0, 0.1) is 5.92 Å². The average Bonchev–Trinajstić information content (AvgIpc) is 2.87. The summed E-state index contributed by atoms with van der Waals surface area (Å²) in [5.41, 5.74) is 1.79. The molecule has 118 valence electrons. The molecule has 1 aliphatic rings. The van der Waals surface area contributed by atoms with Crippen molar-refractivity contribution in [1.29, 1.82) is 0 Å². The molecule has 1 aliphatic heterocycles. The molecule has 1 atom stereocenters. The summed E-state index contributed by atoms with van der Waals surface area (Å²) in [6, 6.07) is 7.99. The van der Waals surface area contributed by atoms with Gasteiger partial charge in [0.1, 0.15) is 17.5 Å². The Balaban J connectivity index is 1.91. The summed E-state index contributed by atoms with van der Waals surface area (Å²) >= 11 is 0. The summed E-state index contributed by atoms with van der Waals surface area (Å²) in [6.07, 6.45) is 2.06. The van der Waals surface area contributed by atoms with E-state index >= 15 is 0 Å². The first-order chi connectivity index (χ1) is 10.6. The minimum Gasteiger partial charge on any atom is -0.486 e. The van der Waals surface area contributed by atoms with E-state index < -0.39 is 0 Å². The van der Waals surface area contributed by atoms with Crippen LogP contribution in [0.4, 0.5) is 0 Å². The molecule has 0 bridgehead atoms. The molecule has 0 spiro atoms. The second-order valence-electron chi connectivity index (χ2n) is 6.42. The van der Waals surface area contributed by atoms with Gasteiger partial charge < -0.3 is 14.6 Å². The Morgan fingerprint density at radius 1 is 1.45 bits per heavy atom. The lowest BCUT2D eigenvalue weighted by atomic mass is 10.1. The first kappa shape index (κ1) is 14.9. The molecule has 22 heavy (non-hydrogen) atoms. The molecule has 1 amide bonds. The Bertz CT molecular complexity index is 688. The van der Waals surface area contributed by atoms with Crippen molar-refractivity contribution in [3.63, 3.8) is 0 Å². The minimum absolute atomic E-state index is 0.0135. The van der Waals surface area contributed by atoms with Gasteiger partial charge in [0.05, 0.1) is 12.1 Å². The SMILES string of the molecule is CC[C@H]1Cn2c(C(=O)NCCC(C)C)cc3cccc(c32)O1. The molecule has 4 heteroatoms. The smallest absolute Gasteiger partial charge is 0.267 e. The molecule has 0 saturated carbocycles. The lowest BCUT2D eigenvalue weighted by Gasteiger charge is -2.26.